The van der Waals surface area contributed by atoms with E-state index in [1.807, 2.05) is 0 Å². The summed E-state index contributed by atoms with van der Waals surface area (Å²) in [7, 11) is 0. The molecule has 20 heavy (non-hydrogen) atoms. The van der Waals surface area contributed by atoms with Gasteiger partial charge in [0.25, 0.3) is 0 Å². The first-order valence-corrected chi connectivity index (χ1v) is 9.33. The first kappa shape index (κ1) is 14.8. The van der Waals surface area contributed by atoms with Crippen LogP contribution in [0.4, 0.5) is 0 Å². The molecule has 1 N–H and O–H groups in total. The molecular formula is C18H34N2. The van der Waals surface area contributed by atoms with Crippen molar-refractivity contribution in [3.8, 4) is 0 Å². The molecule has 0 aromatic heterocycles. The third-order valence-corrected chi connectivity index (χ3v) is 5.99. The summed E-state index contributed by atoms with van der Waals surface area (Å²) >= 11 is 0. The lowest BCUT2D eigenvalue weighted by Gasteiger charge is -2.36. The first-order chi connectivity index (χ1) is 9.86. The van der Waals surface area contributed by atoms with Crippen LogP contribution in [0.3, 0.4) is 0 Å². The lowest BCUT2D eigenvalue weighted by atomic mass is 9.96. The largest absolute Gasteiger partial charge is 0.316 e. The molecule has 0 amide bonds. The van der Waals surface area contributed by atoms with Gasteiger partial charge in [0, 0.05) is 18.6 Å². The molecule has 0 aromatic rings. The quantitative estimate of drug-likeness (QED) is 0.769. The second kappa shape index (κ2) is 7.26. The molecule has 2 nitrogen and oxygen atoms in total. The van der Waals surface area contributed by atoms with Crippen LogP contribution < -0.4 is 5.32 Å². The fourth-order valence-corrected chi connectivity index (χ4v) is 4.48. The Labute approximate surface area is 125 Å². The smallest absolute Gasteiger partial charge is 0.00994 e. The summed E-state index contributed by atoms with van der Waals surface area (Å²) in [5, 5.41) is 3.60. The molecule has 3 rings (SSSR count). The zero-order valence-electron chi connectivity index (χ0n) is 13.4. The molecule has 0 bridgehead atoms. The topological polar surface area (TPSA) is 15.3 Å². The van der Waals surface area contributed by atoms with Crippen molar-refractivity contribution in [3.05, 3.63) is 0 Å². The molecule has 1 heterocycles. The van der Waals surface area contributed by atoms with Crippen molar-refractivity contribution < 1.29 is 0 Å². The van der Waals surface area contributed by atoms with Crippen molar-refractivity contribution in [1.82, 2.24) is 10.2 Å². The number of rotatable bonds is 5. The first-order valence-electron chi connectivity index (χ1n) is 9.33. The Morgan fingerprint density at radius 1 is 0.850 bits per heavy atom. The Morgan fingerprint density at radius 3 is 2.30 bits per heavy atom. The van der Waals surface area contributed by atoms with Gasteiger partial charge in [-0.2, -0.15) is 0 Å². The lowest BCUT2D eigenvalue weighted by molar-refractivity contribution is 0.131. The number of hydrogen-bond acceptors (Lipinski definition) is 2. The van der Waals surface area contributed by atoms with Crippen LogP contribution in [0.1, 0.15) is 71.1 Å². The second-order valence-electron chi connectivity index (χ2n) is 7.58. The van der Waals surface area contributed by atoms with Crippen molar-refractivity contribution in [2.24, 2.45) is 11.8 Å². The summed E-state index contributed by atoms with van der Waals surface area (Å²) in [5.74, 6) is 1.95. The SMILES string of the molecule is CCC1CCCC(N(CC2CCCNC2)C2CC2)CC1. The molecule has 0 radical (unpaired) electrons. The highest BCUT2D eigenvalue weighted by atomic mass is 15.2. The van der Waals surface area contributed by atoms with Crippen LogP contribution in [0.15, 0.2) is 0 Å². The van der Waals surface area contributed by atoms with Gasteiger partial charge in [-0.15, -0.1) is 0 Å². The van der Waals surface area contributed by atoms with Gasteiger partial charge in [-0.25, -0.2) is 0 Å². The van der Waals surface area contributed by atoms with Crippen molar-refractivity contribution in [2.75, 3.05) is 19.6 Å². The Bertz CT molecular complexity index is 281. The number of hydrogen-bond donors (Lipinski definition) is 1. The van der Waals surface area contributed by atoms with E-state index in [9.17, 15) is 0 Å². The highest BCUT2D eigenvalue weighted by Gasteiger charge is 2.36. The van der Waals surface area contributed by atoms with Crippen LogP contribution >= 0.6 is 0 Å². The van der Waals surface area contributed by atoms with Crippen molar-refractivity contribution in [2.45, 2.75) is 83.2 Å². The van der Waals surface area contributed by atoms with Crippen molar-refractivity contribution >= 4 is 0 Å². The molecule has 3 unspecified atom stereocenters. The van der Waals surface area contributed by atoms with Gasteiger partial charge in [-0.3, -0.25) is 4.90 Å². The van der Waals surface area contributed by atoms with E-state index < -0.39 is 0 Å². The van der Waals surface area contributed by atoms with Crippen LogP contribution in [0.25, 0.3) is 0 Å². The van der Waals surface area contributed by atoms with Gasteiger partial charge in [0.2, 0.25) is 0 Å². The maximum absolute atomic E-state index is 3.60. The molecule has 3 atom stereocenters. The van der Waals surface area contributed by atoms with Crippen LogP contribution in [-0.4, -0.2) is 36.6 Å². The monoisotopic (exact) mass is 278 g/mol. The maximum atomic E-state index is 3.60. The molecule has 0 spiro atoms. The maximum Gasteiger partial charge on any atom is 0.00994 e. The van der Waals surface area contributed by atoms with Crippen LogP contribution in [0, 0.1) is 11.8 Å². The summed E-state index contributed by atoms with van der Waals surface area (Å²) in [4.78, 5) is 2.95. The fourth-order valence-electron chi connectivity index (χ4n) is 4.48. The molecule has 1 saturated heterocycles. The van der Waals surface area contributed by atoms with Gasteiger partial charge < -0.3 is 5.32 Å². The fraction of sp³-hybridized carbons (Fsp3) is 1.00. The van der Waals surface area contributed by atoms with Gasteiger partial charge in [0.15, 0.2) is 0 Å². The van der Waals surface area contributed by atoms with Gasteiger partial charge >= 0.3 is 0 Å². The summed E-state index contributed by atoms with van der Waals surface area (Å²) in [6.45, 7) is 6.30. The predicted molar refractivity (Wildman–Crippen MR) is 86.0 cm³/mol. The standard InChI is InChI=1S/C18H34N2/c1-2-15-5-3-7-17(9-8-15)20(18-10-11-18)14-16-6-4-12-19-13-16/h15-19H,2-14H2,1H3. The number of nitrogens with zero attached hydrogens (tertiary/aromatic N) is 1. The van der Waals surface area contributed by atoms with Crippen molar-refractivity contribution in [3.63, 3.8) is 0 Å². The van der Waals surface area contributed by atoms with Crippen molar-refractivity contribution in [1.29, 1.82) is 0 Å². The van der Waals surface area contributed by atoms with E-state index in [4.69, 9.17) is 0 Å². The third-order valence-electron chi connectivity index (χ3n) is 5.99. The molecule has 2 saturated carbocycles. The summed E-state index contributed by atoms with van der Waals surface area (Å²) in [6, 6.07) is 1.88. The molecule has 3 fully saturated rings. The zero-order chi connectivity index (χ0) is 13.8. The van der Waals surface area contributed by atoms with E-state index in [2.05, 4.69) is 17.1 Å². The average molecular weight is 278 g/mol. The Balaban J connectivity index is 1.55. The van der Waals surface area contributed by atoms with E-state index in [-0.39, 0.29) is 0 Å². The highest BCUT2D eigenvalue weighted by molar-refractivity contribution is 4.91. The average Bonchev–Trinajstić information content (AvgIpc) is 3.33. The summed E-state index contributed by atoms with van der Waals surface area (Å²) in [5.41, 5.74) is 0. The minimum Gasteiger partial charge on any atom is -0.316 e. The minimum absolute atomic E-state index is 0.918. The van der Waals surface area contributed by atoms with E-state index in [1.54, 1.807) is 0 Å². The third kappa shape index (κ3) is 3.98. The Morgan fingerprint density at radius 2 is 1.60 bits per heavy atom. The van der Waals surface area contributed by atoms with Gasteiger partial charge in [0.05, 0.1) is 0 Å². The number of nitrogens with one attached hydrogen (secondary N) is 1. The molecule has 3 aliphatic rings. The molecule has 2 aliphatic carbocycles. The van der Waals surface area contributed by atoms with Gasteiger partial charge in [-0.1, -0.05) is 26.2 Å². The van der Waals surface area contributed by atoms with E-state index in [0.717, 1.165) is 23.9 Å². The highest BCUT2D eigenvalue weighted by Crippen LogP contribution is 2.36. The molecule has 0 aromatic carbocycles. The van der Waals surface area contributed by atoms with E-state index in [1.165, 1.54) is 83.8 Å². The Kier molecular flexibility index (Phi) is 5.39. The van der Waals surface area contributed by atoms with Crippen LogP contribution in [-0.2, 0) is 0 Å². The molecule has 116 valence electrons. The van der Waals surface area contributed by atoms with E-state index >= 15 is 0 Å². The van der Waals surface area contributed by atoms with Gasteiger partial charge in [-0.05, 0) is 69.9 Å². The molecule has 2 heteroatoms. The number of piperidine rings is 1. The summed E-state index contributed by atoms with van der Waals surface area (Å²) < 4.78 is 0. The lowest BCUT2D eigenvalue weighted by Crippen LogP contribution is -2.44. The van der Waals surface area contributed by atoms with Crippen LogP contribution in [0.2, 0.25) is 0 Å². The normalized spacial score (nSPS) is 36.0. The predicted octanol–water partition coefficient (Wildman–Crippen LogP) is 3.81. The summed E-state index contributed by atoms with van der Waals surface area (Å²) in [6.07, 6.45) is 14.7. The minimum atomic E-state index is 0.918. The Hall–Kier alpha value is -0.0800. The second-order valence-corrected chi connectivity index (χ2v) is 7.58. The van der Waals surface area contributed by atoms with E-state index in [0.29, 0.717) is 0 Å². The van der Waals surface area contributed by atoms with Gasteiger partial charge in [0.1, 0.15) is 0 Å². The van der Waals surface area contributed by atoms with Crippen LogP contribution in [0.5, 0.6) is 0 Å². The molecular weight excluding hydrogens is 244 g/mol. The molecule has 1 aliphatic heterocycles. The zero-order valence-corrected chi connectivity index (χ0v) is 13.4.